The molecule has 0 aliphatic rings. The number of hydrogen-bond acceptors (Lipinski definition) is 1. The summed E-state index contributed by atoms with van der Waals surface area (Å²) in [7, 11) is 0. The van der Waals surface area contributed by atoms with E-state index in [2.05, 4.69) is 13.5 Å². The van der Waals surface area contributed by atoms with Crippen LogP contribution in [0.5, 0.6) is 0 Å². The lowest BCUT2D eigenvalue weighted by molar-refractivity contribution is 0.930. The highest BCUT2D eigenvalue weighted by molar-refractivity contribution is 5.90. The van der Waals surface area contributed by atoms with E-state index < -0.39 is 0 Å². The van der Waals surface area contributed by atoms with E-state index in [1.807, 2.05) is 6.08 Å². The summed E-state index contributed by atoms with van der Waals surface area (Å²) in [4.78, 5) is 0. The first-order valence-corrected chi connectivity index (χ1v) is 3.57. The van der Waals surface area contributed by atoms with Crippen LogP contribution in [0, 0.1) is 5.41 Å². The van der Waals surface area contributed by atoms with Gasteiger partial charge in [-0.25, -0.2) is 0 Å². The molecule has 1 nitrogen and oxygen atoms in total. The second kappa shape index (κ2) is 4.98. The summed E-state index contributed by atoms with van der Waals surface area (Å²) in [6.07, 6.45) is 5.84. The van der Waals surface area contributed by atoms with Crippen LogP contribution in [0.25, 0.3) is 0 Å². The molecule has 0 aliphatic heterocycles. The third-order valence-electron chi connectivity index (χ3n) is 1.14. The zero-order valence-electron chi connectivity index (χ0n) is 6.78. The first-order chi connectivity index (χ1) is 4.66. The van der Waals surface area contributed by atoms with Gasteiger partial charge in [0.05, 0.1) is 0 Å². The summed E-state index contributed by atoms with van der Waals surface area (Å²) in [6.45, 7) is 7.71. The van der Waals surface area contributed by atoms with Gasteiger partial charge in [-0.3, -0.25) is 0 Å². The Morgan fingerprint density at radius 1 is 1.50 bits per heavy atom. The largest absolute Gasteiger partial charge is 0.306 e. The fraction of sp³-hybridized carbons (Fsp3) is 0.444. The van der Waals surface area contributed by atoms with Gasteiger partial charge >= 0.3 is 0 Å². The van der Waals surface area contributed by atoms with Crippen molar-refractivity contribution in [1.82, 2.24) is 0 Å². The monoisotopic (exact) mass is 137 g/mol. The normalized spacial score (nSPS) is 10.2. The molecule has 1 N–H and O–H groups in total. The summed E-state index contributed by atoms with van der Waals surface area (Å²) in [6, 6.07) is 0. The van der Waals surface area contributed by atoms with Crippen LogP contribution in [0.1, 0.15) is 26.7 Å². The van der Waals surface area contributed by atoms with Gasteiger partial charge < -0.3 is 5.41 Å². The zero-order chi connectivity index (χ0) is 7.98. The molecule has 0 aromatic heterocycles. The molecule has 0 radical (unpaired) electrons. The van der Waals surface area contributed by atoms with Crippen molar-refractivity contribution in [2.45, 2.75) is 26.7 Å². The molecule has 0 atom stereocenters. The maximum absolute atomic E-state index is 7.09. The minimum absolute atomic E-state index is 0.581. The highest BCUT2D eigenvalue weighted by Gasteiger charge is 1.84. The molecule has 0 fully saturated rings. The van der Waals surface area contributed by atoms with E-state index in [0.717, 1.165) is 18.4 Å². The summed E-state index contributed by atoms with van der Waals surface area (Å²) in [5.41, 5.74) is 1.69. The molecule has 0 rings (SSSR count). The number of allylic oxidation sites excluding steroid dienone is 3. The summed E-state index contributed by atoms with van der Waals surface area (Å²) >= 11 is 0. The molecule has 0 aliphatic carbocycles. The van der Waals surface area contributed by atoms with Crippen molar-refractivity contribution >= 4 is 5.71 Å². The molecule has 0 spiro atoms. The molecule has 0 aromatic rings. The Kier molecular flexibility index (Phi) is 4.55. The third-order valence-corrected chi connectivity index (χ3v) is 1.14. The van der Waals surface area contributed by atoms with Crippen LogP contribution in [0.15, 0.2) is 24.3 Å². The fourth-order valence-electron chi connectivity index (χ4n) is 0.647. The Labute approximate surface area is 63.0 Å². The van der Waals surface area contributed by atoms with E-state index in [1.165, 1.54) is 0 Å². The first kappa shape index (κ1) is 9.15. The van der Waals surface area contributed by atoms with Gasteiger partial charge in [0.25, 0.3) is 0 Å². The number of rotatable bonds is 4. The molecule has 0 aromatic carbocycles. The molecular weight excluding hydrogens is 122 g/mol. The minimum Gasteiger partial charge on any atom is -0.306 e. The lowest BCUT2D eigenvalue weighted by Gasteiger charge is -1.93. The van der Waals surface area contributed by atoms with Crippen LogP contribution in [0.2, 0.25) is 0 Å². The molecule has 0 saturated carbocycles. The maximum atomic E-state index is 7.09. The van der Waals surface area contributed by atoms with E-state index in [1.54, 1.807) is 13.0 Å². The highest BCUT2D eigenvalue weighted by atomic mass is 14.4. The number of nitrogens with one attached hydrogen (secondary N) is 1. The van der Waals surface area contributed by atoms with Gasteiger partial charge in [0, 0.05) is 5.71 Å². The van der Waals surface area contributed by atoms with Crippen LogP contribution >= 0.6 is 0 Å². The van der Waals surface area contributed by atoms with E-state index in [4.69, 9.17) is 5.41 Å². The molecule has 0 unspecified atom stereocenters. The van der Waals surface area contributed by atoms with Crippen LogP contribution in [0.3, 0.4) is 0 Å². The minimum atomic E-state index is 0.581. The van der Waals surface area contributed by atoms with Crippen LogP contribution < -0.4 is 0 Å². The Morgan fingerprint density at radius 3 is 2.50 bits per heavy atom. The second-order valence-electron chi connectivity index (χ2n) is 2.42. The van der Waals surface area contributed by atoms with Crippen molar-refractivity contribution in [3.8, 4) is 0 Å². The van der Waals surface area contributed by atoms with Gasteiger partial charge in [0.15, 0.2) is 0 Å². The van der Waals surface area contributed by atoms with E-state index >= 15 is 0 Å². The Bertz CT molecular complexity index is 154. The highest BCUT2D eigenvalue weighted by Crippen LogP contribution is 2.02. The summed E-state index contributed by atoms with van der Waals surface area (Å²) < 4.78 is 0. The van der Waals surface area contributed by atoms with E-state index in [9.17, 15) is 0 Å². The summed E-state index contributed by atoms with van der Waals surface area (Å²) in [5.74, 6) is 0. The van der Waals surface area contributed by atoms with Crippen LogP contribution in [-0.4, -0.2) is 5.71 Å². The molecule has 10 heavy (non-hydrogen) atoms. The fourth-order valence-corrected chi connectivity index (χ4v) is 0.647. The molecule has 0 bridgehead atoms. The Morgan fingerprint density at radius 2 is 2.10 bits per heavy atom. The van der Waals surface area contributed by atoms with Gasteiger partial charge in [0.2, 0.25) is 0 Å². The van der Waals surface area contributed by atoms with Crippen molar-refractivity contribution < 1.29 is 0 Å². The van der Waals surface area contributed by atoms with E-state index in [0.29, 0.717) is 5.71 Å². The third kappa shape index (κ3) is 5.29. The molecule has 0 saturated heterocycles. The Hall–Kier alpha value is -0.850. The van der Waals surface area contributed by atoms with Gasteiger partial charge in [-0.1, -0.05) is 31.6 Å². The predicted octanol–water partition coefficient (Wildman–Crippen LogP) is 2.94. The van der Waals surface area contributed by atoms with Gasteiger partial charge in [-0.05, 0) is 19.4 Å². The molecular formula is C9H15N. The van der Waals surface area contributed by atoms with Gasteiger partial charge in [-0.15, -0.1) is 0 Å². The summed E-state index contributed by atoms with van der Waals surface area (Å²) in [5, 5.41) is 7.09. The smallest absolute Gasteiger partial charge is 0.0283 e. The Balaban J connectivity index is 3.67. The maximum Gasteiger partial charge on any atom is 0.0283 e. The second-order valence-corrected chi connectivity index (χ2v) is 2.42. The lowest BCUT2D eigenvalue weighted by atomic mass is 10.1. The van der Waals surface area contributed by atoms with E-state index in [-0.39, 0.29) is 0 Å². The first-order valence-electron chi connectivity index (χ1n) is 3.57. The molecule has 0 amide bonds. The van der Waals surface area contributed by atoms with Crippen LogP contribution in [-0.2, 0) is 0 Å². The van der Waals surface area contributed by atoms with Gasteiger partial charge in [0.1, 0.15) is 0 Å². The van der Waals surface area contributed by atoms with Crippen molar-refractivity contribution in [3.63, 3.8) is 0 Å². The molecule has 56 valence electrons. The van der Waals surface area contributed by atoms with Crippen molar-refractivity contribution in [2.75, 3.05) is 0 Å². The van der Waals surface area contributed by atoms with Crippen molar-refractivity contribution in [1.29, 1.82) is 5.41 Å². The van der Waals surface area contributed by atoms with Crippen molar-refractivity contribution in [2.24, 2.45) is 0 Å². The van der Waals surface area contributed by atoms with Gasteiger partial charge in [-0.2, -0.15) is 0 Å². The molecule has 0 heterocycles. The van der Waals surface area contributed by atoms with Crippen molar-refractivity contribution in [3.05, 3.63) is 24.3 Å². The average molecular weight is 137 g/mol. The van der Waals surface area contributed by atoms with Crippen LogP contribution in [0.4, 0.5) is 0 Å². The standard InChI is InChI=1S/C9H15N/c1-4-5-8(2)6-7-9(3)10/h6-7,10H,2,4-5H2,1,3H3/b7-6-,10-9?. The SMILES string of the molecule is C=C(/C=C\C(C)=N)CCC. The zero-order valence-corrected chi connectivity index (χ0v) is 6.78. The molecule has 1 heteroatoms. The average Bonchev–Trinajstić information content (AvgIpc) is 1.85. The topological polar surface area (TPSA) is 23.9 Å². The lowest BCUT2D eigenvalue weighted by Crippen LogP contribution is -1.80. The number of hydrogen-bond donors (Lipinski definition) is 1. The quantitative estimate of drug-likeness (QED) is 0.455. The predicted molar refractivity (Wildman–Crippen MR) is 46.6 cm³/mol.